The molecule has 0 atom stereocenters. The molecule has 0 saturated heterocycles. The highest BCUT2D eigenvalue weighted by molar-refractivity contribution is 5.75. The molecule has 0 bridgehead atoms. The maximum Gasteiger partial charge on any atom is 0.236 e. The summed E-state index contributed by atoms with van der Waals surface area (Å²) in [5, 5.41) is 1.13. The van der Waals surface area contributed by atoms with Crippen LogP contribution in [0.25, 0.3) is 0 Å². The van der Waals surface area contributed by atoms with Crippen LogP contribution in [0.1, 0.15) is 24.0 Å². The van der Waals surface area contributed by atoms with Crippen LogP contribution in [-0.4, -0.2) is 24.8 Å². The van der Waals surface area contributed by atoms with E-state index in [2.05, 4.69) is 0 Å². The molecule has 1 aromatic carbocycles. The molecule has 1 aliphatic rings. The van der Waals surface area contributed by atoms with Crippen LogP contribution in [0.4, 0.5) is 0 Å². The Balaban J connectivity index is 1.96. The third-order valence-electron chi connectivity index (χ3n) is 3.06. The van der Waals surface area contributed by atoms with Crippen LogP contribution < -0.4 is 15.3 Å². The van der Waals surface area contributed by atoms with Crippen LogP contribution in [0.5, 0.6) is 11.5 Å². The van der Waals surface area contributed by atoms with Gasteiger partial charge in [-0.05, 0) is 43.0 Å². The fourth-order valence-electron chi connectivity index (χ4n) is 1.96. The summed E-state index contributed by atoms with van der Waals surface area (Å²) in [6, 6.07) is 3.98. The van der Waals surface area contributed by atoms with Crippen LogP contribution in [0.2, 0.25) is 0 Å². The van der Waals surface area contributed by atoms with E-state index in [4.69, 9.17) is 15.3 Å². The fourth-order valence-corrected chi connectivity index (χ4v) is 1.96. The lowest BCUT2D eigenvalue weighted by Gasteiger charge is -2.10. The van der Waals surface area contributed by atoms with Crippen molar-refractivity contribution in [3.05, 3.63) is 23.3 Å². The average molecular weight is 250 g/mol. The molecule has 0 aromatic heterocycles. The zero-order chi connectivity index (χ0) is 13.1. The van der Waals surface area contributed by atoms with E-state index in [9.17, 15) is 4.79 Å². The van der Waals surface area contributed by atoms with Gasteiger partial charge in [0.15, 0.2) is 11.5 Å². The van der Waals surface area contributed by atoms with E-state index in [1.54, 1.807) is 7.05 Å². The molecule has 0 fully saturated rings. The smallest absolute Gasteiger partial charge is 0.236 e. The topological polar surface area (TPSA) is 64.8 Å². The lowest BCUT2D eigenvalue weighted by molar-refractivity contribution is -0.130. The number of carbonyl (C=O) groups excluding carboxylic acids is 1. The zero-order valence-electron chi connectivity index (χ0n) is 10.7. The van der Waals surface area contributed by atoms with Gasteiger partial charge in [0.25, 0.3) is 0 Å². The molecule has 5 nitrogen and oxygen atoms in total. The van der Waals surface area contributed by atoms with E-state index in [-0.39, 0.29) is 12.7 Å². The Bertz CT molecular complexity index is 458. The van der Waals surface area contributed by atoms with Gasteiger partial charge in [-0.3, -0.25) is 9.80 Å². The van der Waals surface area contributed by atoms with Crippen molar-refractivity contribution in [2.45, 2.75) is 26.2 Å². The zero-order valence-corrected chi connectivity index (χ0v) is 10.7. The van der Waals surface area contributed by atoms with Crippen LogP contribution in [0.3, 0.4) is 0 Å². The molecule has 5 heteroatoms. The Kier molecular flexibility index (Phi) is 3.72. The lowest BCUT2D eigenvalue weighted by atomic mass is 10.0. The van der Waals surface area contributed by atoms with E-state index in [1.807, 2.05) is 19.1 Å². The monoisotopic (exact) mass is 250 g/mol. The summed E-state index contributed by atoms with van der Waals surface area (Å²) >= 11 is 0. The summed E-state index contributed by atoms with van der Waals surface area (Å²) in [5.74, 6) is 6.91. The molecule has 0 saturated carbocycles. The minimum atomic E-state index is -0.0478. The predicted octanol–water partition coefficient (Wildman–Crippen LogP) is 1.38. The standard InChI is InChI=1S/C13H18N2O3/c1-9-6-11-12(18-8-17-11)7-10(9)4-3-5-13(16)15(2)14/h6-7H,3-5,8,14H2,1-2H3. The molecule has 0 radical (unpaired) electrons. The van der Waals surface area contributed by atoms with Crippen molar-refractivity contribution < 1.29 is 14.3 Å². The largest absolute Gasteiger partial charge is 0.454 e. The number of benzene rings is 1. The first-order valence-corrected chi connectivity index (χ1v) is 5.98. The van der Waals surface area contributed by atoms with Crippen LogP contribution >= 0.6 is 0 Å². The molecule has 0 unspecified atom stereocenters. The van der Waals surface area contributed by atoms with Crippen molar-refractivity contribution in [1.82, 2.24) is 5.01 Å². The molecule has 1 aliphatic heterocycles. The van der Waals surface area contributed by atoms with Crippen molar-refractivity contribution in [2.75, 3.05) is 13.8 Å². The Morgan fingerprint density at radius 1 is 1.39 bits per heavy atom. The first kappa shape index (κ1) is 12.7. The first-order valence-electron chi connectivity index (χ1n) is 5.98. The van der Waals surface area contributed by atoms with Crippen LogP contribution in [0.15, 0.2) is 12.1 Å². The quantitative estimate of drug-likeness (QED) is 0.498. The second-order valence-electron chi connectivity index (χ2n) is 4.49. The number of hydrazine groups is 1. The number of hydrogen-bond acceptors (Lipinski definition) is 4. The van der Waals surface area contributed by atoms with Crippen molar-refractivity contribution >= 4 is 5.91 Å². The van der Waals surface area contributed by atoms with Gasteiger partial charge in [0.2, 0.25) is 12.7 Å². The van der Waals surface area contributed by atoms with Gasteiger partial charge in [0.05, 0.1) is 0 Å². The number of fused-ring (bicyclic) bond motifs is 1. The number of hydrogen-bond donors (Lipinski definition) is 1. The molecule has 0 aliphatic carbocycles. The van der Waals surface area contributed by atoms with Crippen molar-refractivity contribution in [3.63, 3.8) is 0 Å². The van der Waals surface area contributed by atoms with Gasteiger partial charge in [-0.25, -0.2) is 5.84 Å². The summed E-state index contributed by atoms with van der Waals surface area (Å²) in [6.45, 7) is 2.32. The second kappa shape index (κ2) is 5.27. The molecular weight excluding hydrogens is 232 g/mol. The SMILES string of the molecule is Cc1cc2c(cc1CCCC(=O)N(C)N)OCO2. The number of carbonyl (C=O) groups is 1. The molecule has 2 rings (SSSR count). The highest BCUT2D eigenvalue weighted by Crippen LogP contribution is 2.34. The third kappa shape index (κ3) is 2.73. The Morgan fingerprint density at radius 2 is 2.06 bits per heavy atom. The number of ether oxygens (including phenoxy) is 2. The van der Waals surface area contributed by atoms with Gasteiger partial charge in [-0.2, -0.15) is 0 Å². The van der Waals surface area contributed by atoms with Gasteiger partial charge in [0.1, 0.15) is 0 Å². The number of aryl methyl sites for hydroxylation is 2. The van der Waals surface area contributed by atoms with E-state index in [1.165, 1.54) is 5.56 Å². The molecule has 1 aromatic rings. The molecule has 18 heavy (non-hydrogen) atoms. The van der Waals surface area contributed by atoms with Crippen molar-refractivity contribution in [2.24, 2.45) is 5.84 Å². The third-order valence-corrected chi connectivity index (χ3v) is 3.06. The van der Waals surface area contributed by atoms with Crippen LogP contribution in [0, 0.1) is 6.92 Å². The molecule has 98 valence electrons. The van der Waals surface area contributed by atoms with Gasteiger partial charge >= 0.3 is 0 Å². The Labute approximate surface area is 106 Å². The Morgan fingerprint density at radius 3 is 2.72 bits per heavy atom. The van der Waals surface area contributed by atoms with E-state index >= 15 is 0 Å². The summed E-state index contributed by atoms with van der Waals surface area (Å²) in [7, 11) is 1.56. The fraction of sp³-hybridized carbons (Fsp3) is 0.462. The predicted molar refractivity (Wildman–Crippen MR) is 67.2 cm³/mol. The number of amides is 1. The minimum Gasteiger partial charge on any atom is -0.454 e. The average Bonchev–Trinajstić information content (AvgIpc) is 2.75. The number of nitrogens with two attached hydrogens (primary N) is 1. The normalized spacial score (nSPS) is 12.6. The van der Waals surface area contributed by atoms with Crippen molar-refractivity contribution in [1.29, 1.82) is 0 Å². The van der Waals surface area contributed by atoms with E-state index < -0.39 is 0 Å². The van der Waals surface area contributed by atoms with Crippen molar-refractivity contribution in [3.8, 4) is 11.5 Å². The summed E-state index contributed by atoms with van der Waals surface area (Å²) in [4.78, 5) is 11.4. The highest BCUT2D eigenvalue weighted by atomic mass is 16.7. The lowest BCUT2D eigenvalue weighted by Crippen LogP contribution is -2.32. The van der Waals surface area contributed by atoms with E-state index in [0.29, 0.717) is 6.42 Å². The van der Waals surface area contributed by atoms with Gasteiger partial charge in [-0.15, -0.1) is 0 Å². The molecular formula is C13H18N2O3. The second-order valence-corrected chi connectivity index (χ2v) is 4.49. The summed E-state index contributed by atoms with van der Waals surface area (Å²) in [6.07, 6.45) is 2.07. The van der Waals surface area contributed by atoms with Gasteiger partial charge < -0.3 is 9.47 Å². The van der Waals surface area contributed by atoms with Gasteiger partial charge in [0, 0.05) is 13.5 Å². The summed E-state index contributed by atoms with van der Waals surface area (Å²) < 4.78 is 10.7. The Hall–Kier alpha value is -1.75. The number of nitrogens with zero attached hydrogens (tertiary/aromatic N) is 1. The maximum absolute atomic E-state index is 11.4. The summed E-state index contributed by atoms with van der Waals surface area (Å²) in [5.41, 5.74) is 2.35. The first-order chi connectivity index (χ1) is 8.58. The van der Waals surface area contributed by atoms with E-state index in [0.717, 1.165) is 34.9 Å². The molecule has 1 heterocycles. The molecule has 0 spiro atoms. The minimum absolute atomic E-state index is 0.0478. The highest BCUT2D eigenvalue weighted by Gasteiger charge is 2.15. The van der Waals surface area contributed by atoms with Crippen LogP contribution in [-0.2, 0) is 11.2 Å². The maximum atomic E-state index is 11.4. The molecule has 2 N–H and O–H groups in total. The number of rotatable bonds is 4. The van der Waals surface area contributed by atoms with Gasteiger partial charge in [-0.1, -0.05) is 0 Å². The molecule has 1 amide bonds.